The van der Waals surface area contributed by atoms with Crippen LogP contribution in [0.5, 0.6) is 5.75 Å². The molecule has 2 aliphatic rings. The highest BCUT2D eigenvalue weighted by Gasteiger charge is 2.48. The van der Waals surface area contributed by atoms with Crippen molar-refractivity contribution < 1.29 is 4.74 Å². The fraction of sp³-hybridized carbons (Fsp3) is 0.360. The molecular weight excluding hydrogens is 380 g/mol. The van der Waals surface area contributed by atoms with Crippen molar-refractivity contribution in [2.75, 3.05) is 26.7 Å². The van der Waals surface area contributed by atoms with Crippen LogP contribution in [0, 0.1) is 5.92 Å². The normalized spacial score (nSPS) is 24.1. The minimum absolute atomic E-state index is 0.118. The molecule has 2 aromatic carbocycles. The monoisotopic (exact) mass is 406 g/mol. The summed E-state index contributed by atoms with van der Waals surface area (Å²) in [4.78, 5) is 6.23. The average molecular weight is 407 g/mol. The van der Waals surface area contributed by atoms with Crippen LogP contribution in [0.15, 0.2) is 55.1 Å². The molecule has 2 heterocycles. The molecule has 0 saturated carbocycles. The summed E-state index contributed by atoms with van der Waals surface area (Å²) >= 11 is 6.52. The van der Waals surface area contributed by atoms with Crippen molar-refractivity contribution in [2.45, 2.75) is 24.7 Å². The standard InChI is InChI=1S/C25H27ClN2O/c1-3-11-28-12-10-25(17-6-4-7-19(13-17)29-2)15-23-21(14-18(25)16-28)20-8-5-9-22(26)24(20)27-23/h3-9,13,18,27H,1,10-12,14-16H2,2H3. The molecule has 4 heteroatoms. The fourth-order valence-corrected chi connectivity index (χ4v) is 5.85. The van der Waals surface area contributed by atoms with Crippen LogP contribution < -0.4 is 4.74 Å². The third-order valence-corrected chi connectivity index (χ3v) is 7.40. The zero-order valence-corrected chi connectivity index (χ0v) is 17.6. The second kappa shape index (κ2) is 7.23. The lowest BCUT2D eigenvalue weighted by molar-refractivity contribution is 0.0896. The van der Waals surface area contributed by atoms with E-state index in [1.54, 1.807) is 7.11 Å². The number of methoxy groups -OCH3 is 1. The summed E-state index contributed by atoms with van der Waals surface area (Å²) in [5.41, 5.74) is 5.40. The van der Waals surface area contributed by atoms with Gasteiger partial charge in [-0.3, -0.25) is 4.90 Å². The van der Waals surface area contributed by atoms with Gasteiger partial charge >= 0.3 is 0 Å². The van der Waals surface area contributed by atoms with Crippen molar-refractivity contribution in [3.8, 4) is 5.75 Å². The Morgan fingerprint density at radius 2 is 2.17 bits per heavy atom. The van der Waals surface area contributed by atoms with Crippen LogP contribution in [0.4, 0.5) is 0 Å². The largest absolute Gasteiger partial charge is 0.497 e. The molecule has 29 heavy (non-hydrogen) atoms. The molecule has 2 unspecified atom stereocenters. The molecule has 1 aliphatic carbocycles. The Labute approximate surface area is 177 Å². The summed E-state index contributed by atoms with van der Waals surface area (Å²) in [6.07, 6.45) is 5.26. The Hall–Kier alpha value is -2.23. The zero-order valence-electron chi connectivity index (χ0n) is 16.9. The number of halogens is 1. The topological polar surface area (TPSA) is 28.3 Å². The van der Waals surface area contributed by atoms with E-state index in [9.17, 15) is 0 Å². The molecule has 1 saturated heterocycles. The first kappa shape index (κ1) is 18.8. The van der Waals surface area contributed by atoms with Gasteiger partial charge in [0.05, 0.1) is 17.6 Å². The molecular formula is C25H27ClN2O. The lowest BCUT2D eigenvalue weighted by Gasteiger charge is -2.51. The molecule has 1 aromatic heterocycles. The van der Waals surface area contributed by atoms with Gasteiger partial charge in [0.2, 0.25) is 0 Å². The molecule has 0 bridgehead atoms. The van der Waals surface area contributed by atoms with Gasteiger partial charge in [0, 0.05) is 29.6 Å². The number of H-pyrrole nitrogens is 1. The number of aromatic amines is 1. The van der Waals surface area contributed by atoms with Gasteiger partial charge in [-0.25, -0.2) is 0 Å². The van der Waals surface area contributed by atoms with E-state index in [1.807, 2.05) is 18.2 Å². The third kappa shape index (κ3) is 2.99. The second-order valence-electron chi connectivity index (χ2n) is 8.51. The molecule has 0 amide bonds. The first-order chi connectivity index (χ1) is 14.1. The van der Waals surface area contributed by atoms with Crippen molar-refractivity contribution in [3.63, 3.8) is 0 Å². The number of hydrogen-bond acceptors (Lipinski definition) is 2. The quantitative estimate of drug-likeness (QED) is 0.589. The number of rotatable bonds is 4. The Balaban J connectivity index is 1.64. The minimum atomic E-state index is 0.118. The lowest BCUT2D eigenvalue weighted by Crippen LogP contribution is -2.53. The molecule has 3 nitrogen and oxygen atoms in total. The van der Waals surface area contributed by atoms with Crippen LogP contribution in [-0.2, 0) is 18.3 Å². The summed E-state index contributed by atoms with van der Waals surface area (Å²) in [7, 11) is 1.75. The first-order valence-electron chi connectivity index (χ1n) is 10.4. The van der Waals surface area contributed by atoms with Crippen molar-refractivity contribution in [2.24, 2.45) is 5.92 Å². The van der Waals surface area contributed by atoms with E-state index in [1.165, 1.54) is 22.2 Å². The number of fused-ring (bicyclic) bond motifs is 4. The Bertz CT molecular complexity index is 1070. The number of hydrogen-bond donors (Lipinski definition) is 1. The number of likely N-dealkylation sites (tertiary alicyclic amines) is 1. The maximum atomic E-state index is 6.52. The van der Waals surface area contributed by atoms with Crippen LogP contribution in [0.25, 0.3) is 10.9 Å². The summed E-state index contributed by atoms with van der Waals surface area (Å²) < 4.78 is 5.57. The summed E-state index contributed by atoms with van der Waals surface area (Å²) in [5.74, 6) is 1.49. The van der Waals surface area contributed by atoms with E-state index < -0.39 is 0 Å². The number of ether oxygens (including phenoxy) is 1. The molecule has 1 fully saturated rings. The van der Waals surface area contributed by atoms with E-state index in [0.717, 1.165) is 55.2 Å². The van der Waals surface area contributed by atoms with Crippen LogP contribution in [0.3, 0.4) is 0 Å². The van der Waals surface area contributed by atoms with Gasteiger partial charge in [0.25, 0.3) is 0 Å². The maximum Gasteiger partial charge on any atom is 0.119 e. The number of nitrogens with zero attached hydrogens (tertiary/aromatic N) is 1. The van der Waals surface area contributed by atoms with Gasteiger partial charge in [0.1, 0.15) is 5.75 Å². The van der Waals surface area contributed by atoms with Gasteiger partial charge in [-0.15, -0.1) is 6.58 Å². The van der Waals surface area contributed by atoms with Gasteiger partial charge in [-0.1, -0.05) is 41.9 Å². The van der Waals surface area contributed by atoms with Gasteiger partial charge < -0.3 is 9.72 Å². The predicted octanol–water partition coefficient (Wildman–Crippen LogP) is 5.37. The van der Waals surface area contributed by atoms with E-state index in [4.69, 9.17) is 16.3 Å². The molecule has 3 aromatic rings. The van der Waals surface area contributed by atoms with Crippen molar-refractivity contribution in [1.82, 2.24) is 9.88 Å². The van der Waals surface area contributed by atoms with Crippen molar-refractivity contribution >= 4 is 22.5 Å². The van der Waals surface area contributed by atoms with Crippen molar-refractivity contribution in [1.29, 1.82) is 0 Å². The number of benzene rings is 2. The second-order valence-corrected chi connectivity index (χ2v) is 8.92. The average Bonchev–Trinajstić information content (AvgIpc) is 3.11. The Morgan fingerprint density at radius 1 is 1.31 bits per heavy atom. The molecule has 150 valence electrons. The predicted molar refractivity (Wildman–Crippen MR) is 120 cm³/mol. The Morgan fingerprint density at radius 3 is 3.00 bits per heavy atom. The van der Waals surface area contributed by atoms with E-state index >= 15 is 0 Å². The Kier molecular flexibility index (Phi) is 4.68. The highest BCUT2D eigenvalue weighted by molar-refractivity contribution is 6.35. The molecule has 0 radical (unpaired) electrons. The molecule has 1 N–H and O–H groups in total. The maximum absolute atomic E-state index is 6.52. The van der Waals surface area contributed by atoms with Crippen LogP contribution in [0.1, 0.15) is 23.2 Å². The summed E-state index contributed by atoms with van der Waals surface area (Å²) in [5, 5.41) is 2.09. The molecule has 5 rings (SSSR count). The number of piperidine rings is 1. The first-order valence-corrected chi connectivity index (χ1v) is 10.8. The molecule has 2 atom stereocenters. The van der Waals surface area contributed by atoms with Crippen LogP contribution >= 0.6 is 11.6 Å². The molecule has 0 spiro atoms. The lowest BCUT2D eigenvalue weighted by atomic mass is 9.58. The van der Waals surface area contributed by atoms with E-state index in [0.29, 0.717) is 5.92 Å². The fourth-order valence-electron chi connectivity index (χ4n) is 5.63. The minimum Gasteiger partial charge on any atom is -0.497 e. The zero-order chi connectivity index (χ0) is 20.0. The van der Waals surface area contributed by atoms with E-state index in [-0.39, 0.29) is 5.41 Å². The van der Waals surface area contributed by atoms with Gasteiger partial charge in [-0.05, 0) is 61.1 Å². The number of para-hydroxylation sites is 1. The van der Waals surface area contributed by atoms with Gasteiger partial charge in [-0.2, -0.15) is 0 Å². The van der Waals surface area contributed by atoms with Gasteiger partial charge in [0.15, 0.2) is 0 Å². The number of nitrogens with one attached hydrogen (secondary N) is 1. The van der Waals surface area contributed by atoms with Crippen molar-refractivity contribution in [3.05, 3.63) is 77.0 Å². The third-order valence-electron chi connectivity index (χ3n) is 7.09. The highest BCUT2D eigenvalue weighted by Crippen LogP contribution is 2.49. The highest BCUT2D eigenvalue weighted by atomic mass is 35.5. The van der Waals surface area contributed by atoms with E-state index in [2.05, 4.69) is 46.8 Å². The number of aromatic nitrogens is 1. The van der Waals surface area contributed by atoms with Crippen LogP contribution in [-0.4, -0.2) is 36.6 Å². The van der Waals surface area contributed by atoms with Crippen LogP contribution in [0.2, 0.25) is 5.02 Å². The summed E-state index contributed by atoms with van der Waals surface area (Å²) in [6, 6.07) is 15.0. The smallest absolute Gasteiger partial charge is 0.119 e. The molecule has 1 aliphatic heterocycles. The SMILES string of the molecule is C=CCN1CCC2(c3cccc(OC)c3)Cc3[nH]c4c(Cl)cccc4c3CC2C1. The summed E-state index contributed by atoms with van der Waals surface area (Å²) in [6.45, 7) is 7.10.